The Bertz CT molecular complexity index is 849. The van der Waals surface area contributed by atoms with Crippen molar-refractivity contribution in [3.8, 4) is 0 Å². The van der Waals surface area contributed by atoms with Gasteiger partial charge in [-0.25, -0.2) is 9.18 Å². The van der Waals surface area contributed by atoms with Gasteiger partial charge >= 0.3 is 5.97 Å². The number of carboxylic acids is 1. The molecule has 8 heteroatoms. The first-order chi connectivity index (χ1) is 9.97. The molecule has 0 unspecified atom stereocenters. The van der Waals surface area contributed by atoms with E-state index < -0.39 is 23.8 Å². The molecule has 0 amide bonds. The molecular weight excluding hydrogens is 321 g/mol. The zero-order valence-corrected chi connectivity index (χ0v) is 12.1. The van der Waals surface area contributed by atoms with Crippen molar-refractivity contribution in [2.45, 2.75) is 18.2 Å². The minimum atomic E-state index is -1.36. The van der Waals surface area contributed by atoms with E-state index in [1.165, 1.54) is 17.8 Å². The molecule has 3 rings (SSSR count). The van der Waals surface area contributed by atoms with Crippen molar-refractivity contribution >= 4 is 40.2 Å². The number of thioether (sulfide) groups is 1. The van der Waals surface area contributed by atoms with Crippen molar-refractivity contribution < 1.29 is 19.4 Å². The van der Waals surface area contributed by atoms with E-state index in [0.29, 0.717) is 22.8 Å². The summed E-state index contributed by atoms with van der Waals surface area (Å²) in [5.41, 5.74) is -1.10. The molecule has 0 bridgehead atoms. The van der Waals surface area contributed by atoms with E-state index in [-0.39, 0.29) is 21.5 Å². The summed E-state index contributed by atoms with van der Waals surface area (Å²) in [6.45, 7) is -0.242. The van der Waals surface area contributed by atoms with Gasteiger partial charge < -0.3 is 14.8 Å². The second-order valence-corrected chi connectivity index (χ2v) is 6.01. The number of nitrogens with zero attached hydrogens (tertiary/aromatic N) is 1. The Kier molecular flexibility index (Phi) is 3.43. The number of aromatic nitrogens is 1. The van der Waals surface area contributed by atoms with Crippen LogP contribution in [0.25, 0.3) is 10.9 Å². The van der Waals surface area contributed by atoms with Crippen LogP contribution < -0.4 is 5.43 Å². The summed E-state index contributed by atoms with van der Waals surface area (Å²) in [4.78, 5) is 23.8. The summed E-state index contributed by atoms with van der Waals surface area (Å²) in [5, 5.41) is 18.6. The van der Waals surface area contributed by atoms with Crippen molar-refractivity contribution in [3.05, 3.63) is 38.3 Å². The van der Waals surface area contributed by atoms with Crippen LogP contribution in [0.2, 0.25) is 5.02 Å². The van der Waals surface area contributed by atoms with Gasteiger partial charge in [-0.3, -0.25) is 4.79 Å². The zero-order valence-electron chi connectivity index (χ0n) is 10.5. The SMILES string of the molecule is O=C(O)c1c2n(c3cc(Cl)c(F)c(CO)c3c1=O)CCS2. The summed E-state index contributed by atoms with van der Waals surface area (Å²) < 4.78 is 15.6. The Balaban J connectivity index is 2.61. The second-order valence-electron chi connectivity index (χ2n) is 4.52. The maximum atomic E-state index is 14.0. The van der Waals surface area contributed by atoms with Crippen LogP contribution in [-0.2, 0) is 13.2 Å². The van der Waals surface area contributed by atoms with Crippen molar-refractivity contribution in [3.63, 3.8) is 0 Å². The first-order valence-electron chi connectivity index (χ1n) is 6.01. The average Bonchev–Trinajstić information content (AvgIpc) is 2.89. The fraction of sp³-hybridized carbons (Fsp3) is 0.231. The molecule has 2 N–H and O–H groups in total. The molecule has 5 nitrogen and oxygen atoms in total. The lowest BCUT2D eigenvalue weighted by atomic mass is 10.0. The third-order valence-corrected chi connectivity index (χ3v) is 4.79. The van der Waals surface area contributed by atoms with Crippen molar-refractivity contribution in [1.29, 1.82) is 0 Å². The van der Waals surface area contributed by atoms with Crippen molar-refractivity contribution in [2.24, 2.45) is 0 Å². The molecule has 0 radical (unpaired) electrons. The number of aryl methyl sites for hydroxylation is 1. The van der Waals surface area contributed by atoms with Gasteiger partial charge in [0.2, 0.25) is 5.43 Å². The molecule has 1 aliphatic rings. The Hall–Kier alpha value is -1.57. The Labute approximate surface area is 127 Å². The van der Waals surface area contributed by atoms with E-state index in [0.717, 1.165) is 0 Å². The highest BCUT2D eigenvalue weighted by atomic mass is 35.5. The average molecular weight is 330 g/mol. The predicted octanol–water partition coefficient (Wildman–Crippen LogP) is 2.09. The van der Waals surface area contributed by atoms with Gasteiger partial charge in [0.25, 0.3) is 0 Å². The van der Waals surface area contributed by atoms with Crippen LogP contribution >= 0.6 is 23.4 Å². The maximum absolute atomic E-state index is 14.0. The molecule has 0 aliphatic carbocycles. The van der Waals surface area contributed by atoms with Gasteiger partial charge in [-0.1, -0.05) is 11.6 Å². The van der Waals surface area contributed by atoms with Crippen LogP contribution in [0.3, 0.4) is 0 Å². The van der Waals surface area contributed by atoms with Gasteiger partial charge in [0.05, 0.1) is 27.6 Å². The van der Waals surface area contributed by atoms with E-state index in [1.54, 1.807) is 4.57 Å². The lowest BCUT2D eigenvalue weighted by molar-refractivity contribution is 0.0690. The predicted molar refractivity (Wildman–Crippen MR) is 76.8 cm³/mol. The normalized spacial score (nSPS) is 13.7. The van der Waals surface area contributed by atoms with Crippen LogP contribution in [0.4, 0.5) is 4.39 Å². The van der Waals surface area contributed by atoms with Crippen LogP contribution in [0.15, 0.2) is 15.9 Å². The van der Waals surface area contributed by atoms with E-state index in [1.807, 2.05) is 0 Å². The number of pyridine rings is 1. The number of aromatic carboxylic acids is 1. The minimum absolute atomic E-state index is 0.122. The number of carbonyl (C=O) groups is 1. The molecule has 1 aromatic heterocycles. The maximum Gasteiger partial charge on any atom is 0.342 e. The summed E-state index contributed by atoms with van der Waals surface area (Å²) in [7, 11) is 0. The molecule has 0 saturated heterocycles. The number of fused-ring (bicyclic) bond motifs is 3. The number of rotatable bonds is 2. The fourth-order valence-corrected chi connectivity index (χ4v) is 3.89. The Morgan fingerprint density at radius 1 is 1.52 bits per heavy atom. The summed E-state index contributed by atoms with van der Waals surface area (Å²) in [6, 6.07) is 1.30. The lowest BCUT2D eigenvalue weighted by Crippen LogP contribution is -2.21. The van der Waals surface area contributed by atoms with Gasteiger partial charge in [-0.15, -0.1) is 11.8 Å². The molecule has 1 aromatic carbocycles. The first kappa shape index (κ1) is 14.4. The van der Waals surface area contributed by atoms with Crippen LogP contribution in [0.1, 0.15) is 15.9 Å². The van der Waals surface area contributed by atoms with E-state index >= 15 is 0 Å². The molecule has 0 fully saturated rings. The minimum Gasteiger partial charge on any atom is -0.477 e. The molecular formula is C13H9ClFNO4S. The third-order valence-electron chi connectivity index (χ3n) is 3.43. The molecule has 1 aliphatic heterocycles. The molecule has 2 aromatic rings. The van der Waals surface area contributed by atoms with Gasteiger partial charge in [-0.05, 0) is 6.07 Å². The first-order valence-corrected chi connectivity index (χ1v) is 7.38. The number of hydrogen-bond acceptors (Lipinski definition) is 4. The summed E-state index contributed by atoms with van der Waals surface area (Å²) in [6.07, 6.45) is 0. The second kappa shape index (κ2) is 5.01. The Morgan fingerprint density at radius 2 is 2.24 bits per heavy atom. The van der Waals surface area contributed by atoms with Crippen LogP contribution in [-0.4, -0.2) is 26.5 Å². The number of benzene rings is 1. The zero-order chi connectivity index (χ0) is 15.3. The van der Waals surface area contributed by atoms with Gasteiger partial charge in [0.15, 0.2) is 0 Å². The highest BCUT2D eigenvalue weighted by Gasteiger charge is 2.28. The van der Waals surface area contributed by atoms with Gasteiger partial charge in [0, 0.05) is 17.9 Å². The smallest absolute Gasteiger partial charge is 0.342 e. The van der Waals surface area contributed by atoms with Crippen molar-refractivity contribution in [2.75, 3.05) is 5.75 Å². The largest absolute Gasteiger partial charge is 0.477 e. The number of carboxylic acid groups (broad SMARTS) is 1. The number of aliphatic hydroxyl groups is 1. The fourth-order valence-electron chi connectivity index (χ4n) is 2.54. The van der Waals surface area contributed by atoms with Crippen LogP contribution in [0, 0.1) is 5.82 Å². The highest BCUT2D eigenvalue weighted by molar-refractivity contribution is 7.99. The van der Waals surface area contributed by atoms with Gasteiger partial charge in [-0.2, -0.15) is 0 Å². The molecule has 21 heavy (non-hydrogen) atoms. The molecule has 0 spiro atoms. The third kappa shape index (κ3) is 1.96. The molecule has 2 heterocycles. The number of halogens is 2. The molecule has 0 saturated carbocycles. The summed E-state index contributed by atoms with van der Waals surface area (Å²) >= 11 is 7.06. The standard InChI is InChI=1S/C13H9ClFNO4S/c14-6-3-7-8(5(4-17)10(6)15)11(18)9(13(19)20)12-16(7)1-2-21-12/h3,17H,1-2,4H2,(H,19,20). The van der Waals surface area contributed by atoms with Crippen LogP contribution in [0.5, 0.6) is 0 Å². The molecule has 0 atom stereocenters. The molecule has 110 valence electrons. The van der Waals surface area contributed by atoms with E-state index in [9.17, 15) is 24.2 Å². The number of hydrogen-bond donors (Lipinski definition) is 2. The topological polar surface area (TPSA) is 79.5 Å². The highest BCUT2D eigenvalue weighted by Crippen LogP contribution is 2.34. The monoisotopic (exact) mass is 329 g/mol. The van der Waals surface area contributed by atoms with E-state index in [4.69, 9.17) is 11.6 Å². The van der Waals surface area contributed by atoms with E-state index in [2.05, 4.69) is 0 Å². The summed E-state index contributed by atoms with van der Waals surface area (Å²) in [5.74, 6) is -1.65. The number of aliphatic hydroxyl groups excluding tert-OH is 1. The quantitative estimate of drug-likeness (QED) is 0.882. The van der Waals surface area contributed by atoms with Gasteiger partial charge in [0.1, 0.15) is 11.4 Å². The lowest BCUT2D eigenvalue weighted by Gasteiger charge is -2.14. The van der Waals surface area contributed by atoms with Crippen molar-refractivity contribution in [1.82, 2.24) is 4.57 Å². The Morgan fingerprint density at radius 3 is 2.86 bits per heavy atom.